The Morgan fingerprint density at radius 1 is 1.24 bits per heavy atom. The molecule has 0 aliphatic rings. The second-order valence-electron chi connectivity index (χ2n) is 5.44. The summed E-state index contributed by atoms with van der Waals surface area (Å²) in [7, 11) is 0. The minimum absolute atomic E-state index is 0.535. The van der Waals surface area contributed by atoms with Gasteiger partial charge in [0.15, 0.2) is 0 Å². The number of pyridine rings is 2. The van der Waals surface area contributed by atoms with Crippen LogP contribution >= 0.6 is 0 Å². The van der Waals surface area contributed by atoms with E-state index in [0.717, 1.165) is 22.3 Å². The molecule has 0 atom stereocenters. The van der Waals surface area contributed by atoms with Crippen molar-refractivity contribution >= 4 is 17.0 Å². The Bertz CT molecular complexity index is 821. The fourth-order valence-corrected chi connectivity index (χ4v) is 2.23. The van der Waals surface area contributed by atoms with Crippen LogP contribution in [0.25, 0.3) is 22.3 Å². The normalized spacial score (nSPS) is 11.7. The van der Waals surface area contributed by atoms with E-state index in [1.165, 1.54) is 0 Å². The molecule has 5 nitrogen and oxygen atoms in total. The van der Waals surface area contributed by atoms with Gasteiger partial charge in [-0.1, -0.05) is 6.07 Å². The molecule has 3 aromatic rings. The second kappa shape index (κ2) is 4.70. The summed E-state index contributed by atoms with van der Waals surface area (Å²) in [5.41, 5.74) is 1.98. The number of aromatic nitrogens is 3. The molecule has 0 radical (unpaired) electrons. The molecule has 0 saturated heterocycles. The third kappa shape index (κ3) is 2.16. The molecule has 0 spiro atoms. The molecule has 0 aromatic carbocycles. The van der Waals surface area contributed by atoms with Crippen molar-refractivity contribution in [2.24, 2.45) is 0 Å². The molecule has 106 valence electrons. The van der Waals surface area contributed by atoms with Gasteiger partial charge >= 0.3 is 5.97 Å². The first-order chi connectivity index (χ1) is 10.00. The Labute approximate surface area is 121 Å². The van der Waals surface area contributed by atoms with Gasteiger partial charge in [-0.2, -0.15) is 0 Å². The van der Waals surface area contributed by atoms with Gasteiger partial charge in [0.05, 0.1) is 11.4 Å². The van der Waals surface area contributed by atoms with Crippen molar-refractivity contribution < 1.29 is 9.90 Å². The number of H-pyrrole nitrogens is 1. The van der Waals surface area contributed by atoms with Crippen LogP contribution in [0.4, 0.5) is 0 Å². The van der Waals surface area contributed by atoms with Gasteiger partial charge in [0, 0.05) is 23.3 Å². The number of aromatic amines is 1. The summed E-state index contributed by atoms with van der Waals surface area (Å²) in [5, 5.41) is 10.3. The van der Waals surface area contributed by atoms with E-state index in [-0.39, 0.29) is 0 Å². The average molecular weight is 281 g/mol. The zero-order chi connectivity index (χ0) is 15.0. The van der Waals surface area contributed by atoms with Crippen molar-refractivity contribution in [2.45, 2.75) is 19.3 Å². The number of carbonyl (C=O) groups is 1. The first-order valence-corrected chi connectivity index (χ1v) is 6.63. The van der Waals surface area contributed by atoms with Gasteiger partial charge in [-0.25, -0.2) is 4.98 Å². The highest BCUT2D eigenvalue weighted by Gasteiger charge is 2.31. The summed E-state index contributed by atoms with van der Waals surface area (Å²) in [6.45, 7) is 3.31. The summed E-state index contributed by atoms with van der Waals surface area (Å²) in [6.07, 6.45) is 3.54. The molecule has 0 saturated carbocycles. The lowest BCUT2D eigenvalue weighted by Crippen LogP contribution is -2.29. The molecule has 3 heterocycles. The predicted octanol–water partition coefficient (Wildman–Crippen LogP) is 2.99. The molecule has 0 unspecified atom stereocenters. The third-order valence-electron chi connectivity index (χ3n) is 3.66. The number of carboxylic acids is 1. The van der Waals surface area contributed by atoms with E-state index in [2.05, 4.69) is 15.0 Å². The van der Waals surface area contributed by atoms with E-state index in [4.69, 9.17) is 0 Å². The molecule has 3 rings (SSSR count). The van der Waals surface area contributed by atoms with Crippen LogP contribution in [-0.4, -0.2) is 26.0 Å². The van der Waals surface area contributed by atoms with Gasteiger partial charge in [0.25, 0.3) is 0 Å². The fourth-order valence-electron chi connectivity index (χ4n) is 2.23. The first-order valence-electron chi connectivity index (χ1n) is 6.63. The average Bonchev–Trinajstić information content (AvgIpc) is 2.95. The number of nitrogens with one attached hydrogen (secondary N) is 1. The summed E-state index contributed by atoms with van der Waals surface area (Å²) in [6, 6.07) is 9.28. The number of hydrogen-bond acceptors (Lipinski definition) is 3. The van der Waals surface area contributed by atoms with E-state index >= 15 is 0 Å². The van der Waals surface area contributed by atoms with E-state index in [1.54, 1.807) is 26.1 Å². The van der Waals surface area contributed by atoms with Crippen molar-refractivity contribution in [3.05, 3.63) is 48.4 Å². The lowest BCUT2D eigenvalue weighted by molar-refractivity contribution is -0.142. The zero-order valence-electron chi connectivity index (χ0n) is 11.8. The van der Waals surface area contributed by atoms with Gasteiger partial charge in [-0.05, 0) is 38.1 Å². The molecule has 5 heteroatoms. The topological polar surface area (TPSA) is 78.9 Å². The monoisotopic (exact) mass is 281 g/mol. The fraction of sp³-hybridized carbons (Fsp3) is 0.188. The van der Waals surface area contributed by atoms with Crippen LogP contribution in [0.15, 0.2) is 42.7 Å². The number of fused-ring (bicyclic) bond motifs is 1. The van der Waals surface area contributed by atoms with Crippen molar-refractivity contribution in [1.29, 1.82) is 0 Å². The Balaban J connectivity index is 2.16. The number of carboxylic acid groups (broad SMARTS) is 1. The number of aliphatic carboxylic acids is 1. The van der Waals surface area contributed by atoms with Crippen LogP contribution in [0, 0.1) is 0 Å². The number of rotatable bonds is 3. The van der Waals surface area contributed by atoms with Crippen LogP contribution in [0.3, 0.4) is 0 Å². The van der Waals surface area contributed by atoms with Crippen LogP contribution < -0.4 is 0 Å². The maximum Gasteiger partial charge on any atom is 0.315 e. The second-order valence-corrected chi connectivity index (χ2v) is 5.44. The van der Waals surface area contributed by atoms with Crippen LogP contribution in [-0.2, 0) is 10.2 Å². The Morgan fingerprint density at radius 3 is 2.81 bits per heavy atom. The van der Waals surface area contributed by atoms with Gasteiger partial charge in [-0.3, -0.25) is 9.78 Å². The maximum atomic E-state index is 11.4. The number of hydrogen-bond donors (Lipinski definition) is 2. The lowest BCUT2D eigenvalue weighted by atomic mass is 9.88. The summed E-state index contributed by atoms with van der Waals surface area (Å²) in [5.74, 6) is -0.895. The van der Waals surface area contributed by atoms with Crippen molar-refractivity contribution in [3.63, 3.8) is 0 Å². The lowest BCUT2D eigenvalue weighted by Gasteiger charge is -2.19. The van der Waals surface area contributed by atoms with Gasteiger partial charge in [0.2, 0.25) is 0 Å². The zero-order valence-corrected chi connectivity index (χ0v) is 11.8. The molecule has 0 aliphatic carbocycles. The highest BCUT2D eigenvalue weighted by atomic mass is 16.4. The molecule has 0 bridgehead atoms. The van der Waals surface area contributed by atoms with E-state index < -0.39 is 11.4 Å². The van der Waals surface area contributed by atoms with Crippen molar-refractivity contribution in [2.75, 3.05) is 0 Å². The Kier molecular flexibility index (Phi) is 2.97. The van der Waals surface area contributed by atoms with E-state index in [1.807, 2.05) is 30.5 Å². The first kappa shape index (κ1) is 13.3. The van der Waals surface area contributed by atoms with E-state index in [0.29, 0.717) is 5.69 Å². The molecule has 21 heavy (non-hydrogen) atoms. The Morgan fingerprint density at radius 2 is 2.05 bits per heavy atom. The molecule has 2 N–H and O–H groups in total. The number of nitrogens with zero attached hydrogens (tertiary/aromatic N) is 2. The molecular weight excluding hydrogens is 266 g/mol. The molecule has 0 fully saturated rings. The highest BCUT2D eigenvalue weighted by Crippen LogP contribution is 2.28. The SMILES string of the molecule is CC(C)(C(=O)O)c1cccc(-c2ccnc3[nH]ccc23)n1. The third-order valence-corrected chi connectivity index (χ3v) is 3.66. The highest BCUT2D eigenvalue weighted by molar-refractivity contribution is 5.91. The summed E-state index contributed by atoms with van der Waals surface area (Å²) >= 11 is 0. The van der Waals surface area contributed by atoms with Crippen LogP contribution in [0.1, 0.15) is 19.5 Å². The van der Waals surface area contributed by atoms with Gasteiger partial charge in [0.1, 0.15) is 11.1 Å². The standard InChI is InChI=1S/C16H15N3O2/c1-16(2,15(20)21)13-5-3-4-12(19-13)10-6-8-17-14-11(10)7-9-18-14/h3-9H,1-2H3,(H,17,18)(H,20,21). The van der Waals surface area contributed by atoms with Crippen LogP contribution in [0.2, 0.25) is 0 Å². The molecule has 0 amide bonds. The minimum Gasteiger partial charge on any atom is -0.481 e. The van der Waals surface area contributed by atoms with Crippen molar-refractivity contribution in [3.8, 4) is 11.3 Å². The van der Waals surface area contributed by atoms with Crippen molar-refractivity contribution in [1.82, 2.24) is 15.0 Å². The Hall–Kier alpha value is -2.69. The molecule has 0 aliphatic heterocycles. The smallest absolute Gasteiger partial charge is 0.315 e. The van der Waals surface area contributed by atoms with E-state index in [9.17, 15) is 9.90 Å². The molecule has 3 aromatic heterocycles. The predicted molar refractivity (Wildman–Crippen MR) is 80.0 cm³/mol. The van der Waals surface area contributed by atoms with Gasteiger partial charge < -0.3 is 10.1 Å². The summed E-state index contributed by atoms with van der Waals surface area (Å²) in [4.78, 5) is 23.2. The van der Waals surface area contributed by atoms with Gasteiger partial charge in [-0.15, -0.1) is 0 Å². The quantitative estimate of drug-likeness (QED) is 0.773. The maximum absolute atomic E-state index is 11.4. The van der Waals surface area contributed by atoms with Crippen LogP contribution in [0.5, 0.6) is 0 Å². The minimum atomic E-state index is -1.03. The summed E-state index contributed by atoms with van der Waals surface area (Å²) < 4.78 is 0. The molecular formula is C16H15N3O2. The largest absolute Gasteiger partial charge is 0.481 e.